The molecule has 17 heteroatoms. The lowest BCUT2D eigenvalue weighted by atomic mass is 9.81. The topological polar surface area (TPSA) is 253 Å². The van der Waals surface area contributed by atoms with Gasteiger partial charge < -0.3 is 48.8 Å². The number of esters is 4. The van der Waals surface area contributed by atoms with Crippen molar-refractivity contribution in [1.29, 1.82) is 0 Å². The fourth-order valence-electron chi connectivity index (χ4n) is 4.04. The molecule has 0 aromatic heterocycles. The van der Waals surface area contributed by atoms with E-state index in [1.54, 1.807) is 0 Å². The average molecular weight is 539 g/mol. The molecule has 2 fully saturated rings. The minimum atomic E-state index is -2.92. The van der Waals surface area contributed by atoms with Crippen LogP contribution in [-0.4, -0.2) is 118 Å². The van der Waals surface area contributed by atoms with Gasteiger partial charge in [0.2, 0.25) is 5.72 Å². The van der Waals surface area contributed by atoms with Gasteiger partial charge in [0.1, 0.15) is 43.2 Å². The Kier molecular flexibility index (Phi) is 8.18. The van der Waals surface area contributed by atoms with E-state index in [0.717, 1.165) is 0 Å². The second kappa shape index (κ2) is 12.5. The van der Waals surface area contributed by atoms with E-state index < -0.39 is 125 Å². The molecule has 0 aliphatic carbocycles. The molecule has 2 heterocycles. The number of hydrogen-bond donors (Lipinski definition) is 4. The van der Waals surface area contributed by atoms with Crippen molar-refractivity contribution in [2.75, 3.05) is 13.2 Å². The van der Waals surface area contributed by atoms with Crippen LogP contribution >= 0.6 is 0 Å². The van der Waals surface area contributed by atoms with Gasteiger partial charge >= 0.3 is 23.9 Å². The number of rotatable bonds is 8. The molecule has 17 nitrogen and oxygen atoms in total. The van der Waals surface area contributed by atoms with Crippen LogP contribution in [0.5, 0.6) is 0 Å². The maximum atomic E-state index is 12.3. The quantitative estimate of drug-likeness (QED) is 0.0824. The third kappa shape index (κ3) is 6.64. The predicted octanol–water partition coefficient (Wildman–Crippen LogP) is -2.41. The maximum Gasteiger partial charge on any atom is 0.303 e. The Morgan fingerprint density at radius 1 is 0.919 bits per heavy atom. The molecule has 0 aromatic carbocycles. The first-order valence-corrected chi connectivity index (χ1v) is 10.4. The third-order valence-corrected chi connectivity index (χ3v) is 5.45. The second-order valence-corrected chi connectivity index (χ2v) is 7.85. The highest BCUT2D eigenvalue weighted by molar-refractivity contribution is 5.68. The summed E-state index contributed by atoms with van der Waals surface area (Å²) < 4.78 is 60.8. The number of azide groups is 1. The van der Waals surface area contributed by atoms with E-state index in [-0.39, 0.29) is 0 Å². The third-order valence-electron chi connectivity index (χ3n) is 5.45. The van der Waals surface area contributed by atoms with E-state index in [1.165, 1.54) is 0 Å². The lowest BCUT2D eigenvalue weighted by molar-refractivity contribution is -0.342. The summed E-state index contributed by atoms with van der Waals surface area (Å²) in [5, 5.41) is 44.8. The van der Waals surface area contributed by atoms with E-state index in [0.29, 0.717) is 0 Å². The van der Waals surface area contributed by atoms with Crippen molar-refractivity contribution < 1.29 is 73.5 Å². The summed E-state index contributed by atoms with van der Waals surface area (Å²) in [6.07, 6.45) is -18.3. The Hall–Kier alpha value is -3.05. The molecule has 37 heavy (non-hydrogen) atoms. The molecular formula is C20H29N3O14. The Morgan fingerprint density at radius 2 is 1.49 bits per heavy atom. The first-order chi connectivity index (χ1) is 19.4. The lowest BCUT2D eigenvalue weighted by Crippen LogP contribution is -2.75. The van der Waals surface area contributed by atoms with Crippen LogP contribution in [-0.2, 0) is 47.6 Å². The van der Waals surface area contributed by atoms with E-state index in [4.69, 9.17) is 33.9 Å². The second-order valence-electron chi connectivity index (χ2n) is 7.85. The fraction of sp³-hybridized carbons (Fsp3) is 0.800. The highest BCUT2D eigenvalue weighted by Crippen LogP contribution is 2.42. The number of aliphatic hydroxyl groups excluding tert-OH is 4. The smallest absolute Gasteiger partial charge is 0.303 e. The minimum absolute atomic E-state index is 0.874. The SMILES string of the molecule is [2H]CC(=O)OC[C@H]1OC(C2(N=[N+]=[N-])O[C@H](CO)[C@H](O)[C@H](O)[C@H]2O)[C@H](OC(=O)C[2H])[C@@H](OC(=O)C[2H])[C@H]1OC(=O)C[2H]. The molecule has 0 aromatic rings. The number of aliphatic hydroxyl groups is 4. The largest absolute Gasteiger partial charge is 0.463 e. The zero-order chi connectivity index (χ0) is 30.9. The van der Waals surface area contributed by atoms with Crippen molar-refractivity contribution in [3.8, 4) is 0 Å². The standard InChI is InChI=1S/C20H29N3O14/c1-7(25)32-6-12-15(33-8(2)26)16(34-9(3)27)17(35-10(4)28)19(36-12)20(22-23-21)18(31)14(30)13(29)11(5-24)37-20/h11-19,24,29-31H,5-6H2,1-4H3/t11-,12-,13+,14+,15+,16+,17-,18-,19?,20?/m1/s1/i1D,2D,3D,4D. The van der Waals surface area contributed by atoms with Crippen LogP contribution in [0.1, 0.15) is 33.1 Å². The molecular weight excluding hydrogens is 506 g/mol. The molecule has 2 aliphatic rings. The van der Waals surface area contributed by atoms with Crippen molar-refractivity contribution in [2.45, 2.75) is 88.3 Å². The summed E-state index contributed by atoms with van der Waals surface area (Å²) in [5.41, 5.74) is 6.45. The summed E-state index contributed by atoms with van der Waals surface area (Å²) >= 11 is 0. The Bertz CT molecular complexity index is 1000. The monoisotopic (exact) mass is 539 g/mol. The van der Waals surface area contributed by atoms with Crippen LogP contribution in [0.3, 0.4) is 0 Å². The van der Waals surface area contributed by atoms with Crippen molar-refractivity contribution in [3.05, 3.63) is 10.4 Å². The summed E-state index contributed by atoms with van der Waals surface area (Å²) in [4.78, 5) is 51.0. The van der Waals surface area contributed by atoms with E-state index in [9.17, 15) is 45.1 Å². The summed E-state index contributed by atoms with van der Waals surface area (Å²) in [6, 6.07) is 0. The van der Waals surface area contributed by atoms with Crippen molar-refractivity contribution in [3.63, 3.8) is 0 Å². The van der Waals surface area contributed by atoms with E-state index >= 15 is 0 Å². The van der Waals surface area contributed by atoms with Gasteiger partial charge in [-0.15, -0.1) is 0 Å². The molecule has 0 spiro atoms. The van der Waals surface area contributed by atoms with Gasteiger partial charge in [0.25, 0.3) is 0 Å². The zero-order valence-corrected chi connectivity index (χ0v) is 19.2. The molecule has 0 amide bonds. The zero-order valence-electron chi connectivity index (χ0n) is 23.2. The maximum absolute atomic E-state index is 12.3. The van der Waals surface area contributed by atoms with Gasteiger partial charge in [-0.25, -0.2) is 0 Å². The first kappa shape index (κ1) is 24.3. The average Bonchev–Trinajstić information content (AvgIpc) is 2.97. The Labute approximate surface area is 215 Å². The highest BCUT2D eigenvalue weighted by atomic mass is 16.7. The molecule has 2 rings (SSSR count). The number of nitrogens with zero attached hydrogens (tertiary/aromatic N) is 3. The molecule has 2 saturated heterocycles. The lowest BCUT2D eigenvalue weighted by Gasteiger charge is -2.54. The van der Waals surface area contributed by atoms with Crippen LogP contribution < -0.4 is 0 Å². The molecule has 10 atom stereocenters. The van der Waals surface area contributed by atoms with Crippen LogP contribution in [0.4, 0.5) is 0 Å². The normalized spacial score (nSPS) is 38.9. The number of carbonyl (C=O) groups excluding carboxylic acids is 4. The predicted molar refractivity (Wildman–Crippen MR) is 114 cm³/mol. The van der Waals surface area contributed by atoms with Gasteiger partial charge in [0.15, 0.2) is 18.3 Å². The van der Waals surface area contributed by atoms with Gasteiger partial charge in [0, 0.05) is 38.0 Å². The first-order valence-electron chi connectivity index (χ1n) is 13.2. The van der Waals surface area contributed by atoms with Crippen LogP contribution in [0.2, 0.25) is 0 Å². The number of ether oxygens (including phenoxy) is 6. The summed E-state index contributed by atoms with van der Waals surface area (Å²) in [6.45, 7) is -5.85. The van der Waals surface area contributed by atoms with Crippen molar-refractivity contribution >= 4 is 23.9 Å². The highest BCUT2D eigenvalue weighted by Gasteiger charge is 2.65. The van der Waals surface area contributed by atoms with Gasteiger partial charge in [-0.1, -0.05) is 5.11 Å². The van der Waals surface area contributed by atoms with Gasteiger partial charge in [-0.2, -0.15) is 0 Å². The van der Waals surface area contributed by atoms with E-state index in [1.807, 2.05) is 0 Å². The molecule has 0 bridgehead atoms. The van der Waals surface area contributed by atoms with Crippen LogP contribution in [0, 0.1) is 0 Å². The van der Waals surface area contributed by atoms with Crippen molar-refractivity contribution in [1.82, 2.24) is 0 Å². The molecule has 2 unspecified atom stereocenters. The van der Waals surface area contributed by atoms with Crippen molar-refractivity contribution in [2.24, 2.45) is 5.11 Å². The molecule has 2 aliphatic heterocycles. The molecule has 0 radical (unpaired) electrons. The summed E-state index contributed by atoms with van der Waals surface area (Å²) in [5.74, 6) is -5.00. The van der Waals surface area contributed by atoms with E-state index in [2.05, 4.69) is 10.0 Å². The van der Waals surface area contributed by atoms with Crippen LogP contribution in [0.25, 0.3) is 10.4 Å². The number of hydrogen-bond acceptors (Lipinski definition) is 15. The summed E-state index contributed by atoms with van der Waals surface area (Å²) in [7, 11) is 0. The molecule has 4 N–H and O–H groups in total. The Balaban J connectivity index is 2.81. The van der Waals surface area contributed by atoms with Crippen LogP contribution in [0.15, 0.2) is 5.11 Å². The molecule has 0 saturated carbocycles. The van der Waals surface area contributed by atoms with Gasteiger partial charge in [0.05, 0.1) is 6.61 Å². The number of carbonyl (C=O) groups is 4. The van der Waals surface area contributed by atoms with Gasteiger partial charge in [-0.05, 0) is 5.53 Å². The minimum Gasteiger partial charge on any atom is -0.463 e. The Morgan fingerprint density at radius 3 is 2.03 bits per heavy atom. The fourth-order valence-corrected chi connectivity index (χ4v) is 4.04. The van der Waals surface area contributed by atoms with Gasteiger partial charge in [-0.3, -0.25) is 19.2 Å². The molecule has 208 valence electrons.